The van der Waals surface area contributed by atoms with Crippen molar-refractivity contribution in [1.29, 1.82) is 0 Å². The Morgan fingerprint density at radius 2 is 2.06 bits per heavy atom. The van der Waals surface area contributed by atoms with Crippen LogP contribution in [0.15, 0.2) is 28.4 Å². The summed E-state index contributed by atoms with van der Waals surface area (Å²) >= 11 is 0. The summed E-state index contributed by atoms with van der Waals surface area (Å²) in [5.74, 6) is 0.938. The van der Waals surface area contributed by atoms with Crippen molar-refractivity contribution in [3.8, 4) is 5.88 Å². The van der Waals surface area contributed by atoms with Crippen molar-refractivity contribution >= 4 is 56.6 Å². The molecule has 0 atom stereocenters. The van der Waals surface area contributed by atoms with Crippen LogP contribution in [-0.2, 0) is 0 Å². The van der Waals surface area contributed by atoms with Crippen molar-refractivity contribution in [2.75, 3.05) is 6.61 Å². The smallest absolute Gasteiger partial charge is 0.214 e. The quantitative estimate of drug-likeness (QED) is 0.734. The second-order valence-corrected chi connectivity index (χ2v) is 10.6. The van der Waals surface area contributed by atoms with E-state index in [9.17, 15) is 0 Å². The maximum atomic E-state index is 5.78. The molecule has 0 bridgehead atoms. The van der Waals surface area contributed by atoms with E-state index in [-0.39, 0.29) is 0 Å². The maximum absolute atomic E-state index is 5.78. The van der Waals surface area contributed by atoms with Crippen molar-refractivity contribution in [3.63, 3.8) is 0 Å². The van der Waals surface area contributed by atoms with E-state index in [1.54, 1.807) is 57.3 Å². The highest BCUT2D eigenvalue weighted by Gasteiger charge is 2.23. The Kier molecular flexibility index (Phi) is 3.96. The molecule has 1 aliphatic heterocycles. The van der Waals surface area contributed by atoms with Gasteiger partial charge in [0.1, 0.15) is 0 Å². The van der Waals surface area contributed by atoms with Gasteiger partial charge < -0.3 is 4.74 Å². The van der Waals surface area contributed by atoms with Gasteiger partial charge in [-0.25, -0.2) is 0 Å². The third-order valence-electron chi connectivity index (χ3n) is 2.18. The number of hydrogen-bond acceptors (Lipinski definition) is 7. The van der Waals surface area contributed by atoms with Crippen molar-refractivity contribution in [2.24, 2.45) is 0 Å². The van der Waals surface area contributed by atoms with Crippen LogP contribution in [-0.4, -0.2) is 16.0 Å². The molecule has 0 amide bonds. The number of nitrogens with zero attached hydrogens (tertiary/aromatic N) is 2. The maximum Gasteiger partial charge on any atom is 0.214 e. The second-order valence-electron chi connectivity index (χ2n) is 3.10. The molecule has 3 rings (SSSR count). The van der Waals surface area contributed by atoms with E-state index in [4.69, 9.17) is 4.74 Å². The monoisotopic (exact) mass is 320 g/mol. The molecule has 0 saturated heterocycles. The van der Waals surface area contributed by atoms with E-state index in [2.05, 4.69) is 9.38 Å². The molecule has 0 saturated carbocycles. The summed E-state index contributed by atoms with van der Waals surface area (Å²) in [6, 6.07) is 0. The summed E-state index contributed by atoms with van der Waals surface area (Å²) in [4.78, 5) is 6.68. The molecule has 0 aliphatic carbocycles. The Labute approximate surface area is 118 Å². The van der Waals surface area contributed by atoms with E-state index in [1.165, 1.54) is 9.79 Å². The molecular formula is C9H8N2OS5. The highest BCUT2D eigenvalue weighted by molar-refractivity contribution is 9.36. The fourth-order valence-electron chi connectivity index (χ4n) is 1.56. The summed E-state index contributed by atoms with van der Waals surface area (Å²) < 4.78 is 7.86. The summed E-state index contributed by atoms with van der Waals surface area (Å²) in [6.07, 6.45) is 5.65. The van der Waals surface area contributed by atoms with E-state index < -0.39 is 0 Å². The summed E-state index contributed by atoms with van der Waals surface area (Å²) in [6.45, 7) is 2.69. The predicted molar refractivity (Wildman–Crippen MR) is 80.8 cm³/mol. The average Bonchev–Trinajstić information content (AvgIpc) is 2.55. The van der Waals surface area contributed by atoms with Gasteiger partial charge in [0.05, 0.1) is 28.1 Å². The zero-order valence-corrected chi connectivity index (χ0v) is 12.9. The molecular weight excluding hydrogens is 312 g/mol. The number of hydrogen-bond donors (Lipinski definition) is 0. The lowest BCUT2D eigenvalue weighted by atomic mass is 10.5. The Bertz CT molecular complexity index is 528. The van der Waals surface area contributed by atoms with Crippen LogP contribution in [0.1, 0.15) is 6.92 Å². The Morgan fingerprint density at radius 3 is 2.88 bits per heavy atom. The molecule has 0 N–H and O–H groups in total. The van der Waals surface area contributed by atoms with Crippen molar-refractivity contribution in [2.45, 2.75) is 16.7 Å². The number of ether oxygens (including phenoxy) is 1. The van der Waals surface area contributed by atoms with Crippen molar-refractivity contribution in [1.82, 2.24) is 9.38 Å². The fraction of sp³-hybridized carbons (Fsp3) is 0.222. The third-order valence-corrected chi connectivity index (χ3v) is 10.6. The zero-order chi connectivity index (χ0) is 11.7. The molecule has 0 fully saturated rings. The summed E-state index contributed by atoms with van der Waals surface area (Å²) in [7, 11) is 8.89. The molecule has 90 valence electrons. The first-order valence-corrected chi connectivity index (χ1v) is 11.0. The Balaban J connectivity index is 2.24. The predicted octanol–water partition coefficient (Wildman–Crippen LogP) is 4.79. The van der Waals surface area contributed by atoms with E-state index in [1.807, 2.05) is 19.3 Å². The molecule has 0 aromatic carbocycles. The standard InChI is InChI=1S/C9H8N2OS5/c1-2-12-9-8-7(13-15-17-16-14-8)6-5-10-3-4-11(6)9/h3-5H,2H2,1H3. The lowest BCUT2D eigenvalue weighted by molar-refractivity contribution is 0.316. The van der Waals surface area contributed by atoms with E-state index >= 15 is 0 Å². The van der Waals surface area contributed by atoms with Gasteiger partial charge in [0, 0.05) is 12.4 Å². The molecule has 1 aliphatic rings. The van der Waals surface area contributed by atoms with Crippen molar-refractivity contribution in [3.05, 3.63) is 18.6 Å². The van der Waals surface area contributed by atoms with Crippen LogP contribution in [0.4, 0.5) is 0 Å². The highest BCUT2D eigenvalue weighted by atomic mass is 33.8. The van der Waals surface area contributed by atoms with Crippen LogP contribution < -0.4 is 4.74 Å². The average molecular weight is 321 g/mol. The van der Waals surface area contributed by atoms with Crippen LogP contribution >= 0.6 is 51.1 Å². The largest absolute Gasteiger partial charge is 0.478 e. The molecule has 17 heavy (non-hydrogen) atoms. The first-order valence-electron chi connectivity index (χ1n) is 4.87. The topological polar surface area (TPSA) is 26.5 Å². The van der Waals surface area contributed by atoms with Gasteiger partial charge in [-0.15, -0.1) is 0 Å². The minimum absolute atomic E-state index is 0.678. The zero-order valence-electron chi connectivity index (χ0n) is 8.78. The summed E-state index contributed by atoms with van der Waals surface area (Å²) in [5, 5.41) is 0. The Morgan fingerprint density at radius 1 is 1.24 bits per heavy atom. The lowest BCUT2D eigenvalue weighted by Gasteiger charge is -2.05. The van der Waals surface area contributed by atoms with Gasteiger partial charge in [-0.2, -0.15) is 0 Å². The SMILES string of the molecule is CCOc1c2c(c3cnccn13)SSSSS2. The molecule has 8 heteroatoms. The van der Waals surface area contributed by atoms with Crippen LogP contribution in [0, 0.1) is 0 Å². The molecule has 0 radical (unpaired) electrons. The lowest BCUT2D eigenvalue weighted by Crippen LogP contribution is -1.96. The normalized spacial score (nSPS) is 15.6. The molecule has 3 heterocycles. The number of aromatic nitrogens is 2. The van der Waals surface area contributed by atoms with Gasteiger partial charge >= 0.3 is 0 Å². The van der Waals surface area contributed by atoms with Crippen LogP contribution in [0.2, 0.25) is 0 Å². The number of fused-ring (bicyclic) bond motifs is 3. The highest BCUT2D eigenvalue weighted by Crippen LogP contribution is 2.62. The van der Waals surface area contributed by atoms with Gasteiger partial charge in [0.2, 0.25) is 5.88 Å². The number of rotatable bonds is 2. The third kappa shape index (κ3) is 2.25. The second kappa shape index (κ2) is 5.48. The molecule has 0 unspecified atom stereocenters. The molecule has 0 spiro atoms. The minimum Gasteiger partial charge on any atom is -0.478 e. The van der Waals surface area contributed by atoms with Gasteiger partial charge in [-0.3, -0.25) is 9.38 Å². The van der Waals surface area contributed by atoms with E-state index in [0.29, 0.717) is 6.61 Å². The van der Waals surface area contributed by atoms with Gasteiger partial charge in [-0.05, 0) is 58.0 Å². The summed E-state index contributed by atoms with van der Waals surface area (Å²) in [5.41, 5.74) is 1.12. The fourth-order valence-corrected chi connectivity index (χ4v) is 10.6. The first kappa shape index (κ1) is 12.3. The Hall–Kier alpha value is 0.240. The minimum atomic E-state index is 0.678. The van der Waals surface area contributed by atoms with Crippen LogP contribution in [0.25, 0.3) is 5.52 Å². The first-order chi connectivity index (χ1) is 8.42. The van der Waals surface area contributed by atoms with E-state index in [0.717, 1.165) is 11.4 Å². The molecule has 2 aromatic rings. The van der Waals surface area contributed by atoms with Crippen LogP contribution in [0.5, 0.6) is 5.88 Å². The van der Waals surface area contributed by atoms with Crippen molar-refractivity contribution < 1.29 is 4.74 Å². The van der Waals surface area contributed by atoms with Gasteiger partial charge in [0.15, 0.2) is 0 Å². The molecule has 2 aromatic heterocycles. The van der Waals surface area contributed by atoms with Gasteiger partial charge in [-0.1, -0.05) is 0 Å². The molecule has 3 nitrogen and oxygen atoms in total. The van der Waals surface area contributed by atoms with Gasteiger partial charge in [0.25, 0.3) is 0 Å². The van der Waals surface area contributed by atoms with Crippen LogP contribution in [0.3, 0.4) is 0 Å².